The predicted molar refractivity (Wildman–Crippen MR) is 70.1 cm³/mol. The van der Waals surface area contributed by atoms with Gasteiger partial charge in [0, 0.05) is 12.4 Å². The molecule has 1 N–H and O–H groups in total. The molecule has 94 valence electrons. The number of nitrogens with one attached hydrogen (secondary N) is 1. The van der Waals surface area contributed by atoms with E-state index in [-0.39, 0.29) is 11.4 Å². The van der Waals surface area contributed by atoms with Crippen molar-refractivity contribution in [2.75, 3.05) is 0 Å². The van der Waals surface area contributed by atoms with Gasteiger partial charge >= 0.3 is 5.56 Å². The number of nitrogens with zero attached hydrogens (tertiary/aromatic N) is 1. The lowest BCUT2D eigenvalue weighted by atomic mass is 9.99. The summed E-state index contributed by atoms with van der Waals surface area (Å²) >= 11 is 0. The van der Waals surface area contributed by atoms with Crippen molar-refractivity contribution >= 4 is 0 Å². The molecule has 4 heteroatoms. The molecule has 0 aliphatic rings. The summed E-state index contributed by atoms with van der Waals surface area (Å²) in [7, 11) is 0. The molecule has 4 nitrogen and oxygen atoms in total. The van der Waals surface area contributed by atoms with Crippen LogP contribution in [0.1, 0.15) is 31.7 Å². The molecule has 0 bridgehead atoms. The number of aromatic amines is 1. The van der Waals surface area contributed by atoms with Crippen LogP contribution in [-0.4, -0.2) is 9.97 Å². The lowest BCUT2D eigenvalue weighted by Crippen LogP contribution is -2.09. The van der Waals surface area contributed by atoms with Gasteiger partial charge in [-0.3, -0.25) is 4.79 Å². The zero-order chi connectivity index (χ0) is 13.0. The highest BCUT2D eigenvalue weighted by Gasteiger charge is 2.05. The number of hydrogen-bond acceptors (Lipinski definition) is 3. The first-order valence-corrected chi connectivity index (χ1v) is 6.02. The average molecular weight is 244 g/mol. The molecule has 2 aromatic rings. The molecule has 0 spiro atoms. The smallest absolute Gasteiger partial charge is 0.311 e. The zero-order valence-corrected chi connectivity index (χ0v) is 10.5. The van der Waals surface area contributed by atoms with E-state index in [9.17, 15) is 4.79 Å². The van der Waals surface area contributed by atoms with Crippen LogP contribution in [0.4, 0.5) is 0 Å². The second-order valence-electron chi connectivity index (χ2n) is 4.20. The molecule has 1 aromatic heterocycles. The number of ether oxygens (including phenoxy) is 1. The van der Waals surface area contributed by atoms with E-state index in [1.807, 2.05) is 24.3 Å². The van der Waals surface area contributed by atoms with Crippen molar-refractivity contribution < 1.29 is 4.74 Å². The fraction of sp³-hybridized carbons (Fsp3) is 0.286. The highest BCUT2D eigenvalue weighted by atomic mass is 16.5. The third-order valence-electron chi connectivity index (χ3n) is 2.95. The second-order valence-corrected chi connectivity index (χ2v) is 4.20. The summed E-state index contributed by atoms with van der Waals surface area (Å²) < 4.78 is 5.42. The van der Waals surface area contributed by atoms with Crippen molar-refractivity contribution in [1.82, 2.24) is 9.97 Å². The molecular weight excluding hydrogens is 228 g/mol. The maximum absolute atomic E-state index is 11.4. The van der Waals surface area contributed by atoms with Crippen LogP contribution >= 0.6 is 0 Å². The Morgan fingerprint density at radius 1 is 1.33 bits per heavy atom. The first-order valence-electron chi connectivity index (χ1n) is 6.02. The van der Waals surface area contributed by atoms with E-state index >= 15 is 0 Å². The van der Waals surface area contributed by atoms with Crippen LogP contribution in [0.3, 0.4) is 0 Å². The average Bonchev–Trinajstić information content (AvgIpc) is 2.41. The van der Waals surface area contributed by atoms with E-state index in [1.165, 1.54) is 18.0 Å². The highest BCUT2D eigenvalue weighted by molar-refractivity contribution is 5.31. The molecule has 1 unspecified atom stereocenters. The molecule has 0 fully saturated rings. The third-order valence-corrected chi connectivity index (χ3v) is 2.95. The molecule has 1 aromatic carbocycles. The fourth-order valence-corrected chi connectivity index (χ4v) is 1.62. The summed E-state index contributed by atoms with van der Waals surface area (Å²) in [6.45, 7) is 4.34. The fourth-order valence-electron chi connectivity index (χ4n) is 1.62. The van der Waals surface area contributed by atoms with Crippen LogP contribution in [0, 0.1) is 0 Å². The lowest BCUT2D eigenvalue weighted by Gasteiger charge is -2.09. The Balaban J connectivity index is 2.16. The van der Waals surface area contributed by atoms with Gasteiger partial charge in [0.15, 0.2) is 0 Å². The maximum Gasteiger partial charge on any atom is 0.311 e. The Labute approximate surface area is 106 Å². The minimum Gasteiger partial charge on any atom is -0.435 e. The van der Waals surface area contributed by atoms with Gasteiger partial charge in [-0.1, -0.05) is 26.0 Å². The molecule has 2 rings (SSSR count). The zero-order valence-electron chi connectivity index (χ0n) is 10.5. The largest absolute Gasteiger partial charge is 0.435 e. The summed E-state index contributed by atoms with van der Waals surface area (Å²) in [5.41, 5.74) is 0.934. The third kappa shape index (κ3) is 2.77. The summed E-state index contributed by atoms with van der Waals surface area (Å²) in [5.74, 6) is 1.21. The van der Waals surface area contributed by atoms with Gasteiger partial charge in [0.2, 0.25) is 0 Å². The van der Waals surface area contributed by atoms with Crippen molar-refractivity contribution in [3.63, 3.8) is 0 Å². The quantitative estimate of drug-likeness (QED) is 0.899. The van der Waals surface area contributed by atoms with Gasteiger partial charge in [0.1, 0.15) is 5.75 Å². The molecule has 1 atom stereocenters. The highest BCUT2D eigenvalue weighted by Crippen LogP contribution is 2.23. The second kappa shape index (κ2) is 5.49. The van der Waals surface area contributed by atoms with Gasteiger partial charge in [-0.15, -0.1) is 0 Å². The van der Waals surface area contributed by atoms with E-state index in [0.29, 0.717) is 11.7 Å². The monoisotopic (exact) mass is 244 g/mol. The lowest BCUT2D eigenvalue weighted by molar-refractivity contribution is 0.454. The molecule has 0 aliphatic heterocycles. The van der Waals surface area contributed by atoms with Gasteiger partial charge in [0.25, 0.3) is 5.88 Å². The van der Waals surface area contributed by atoms with Gasteiger partial charge in [-0.25, -0.2) is 4.98 Å². The van der Waals surface area contributed by atoms with Crippen molar-refractivity contribution in [1.29, 1.82) is 0 Å². The summed E-state index contributed by atoms with van der Waals surface area (Å²) in [4.78, 5) is 17.8. The first kappa shape index (κ1) is 12.4. The number of rotatable bonds is 4. The predicted octanol–water partition coefficient (Wildman–Crippen LogP) is 3.08. The van der Waals surface area contributed by atoms with E-state index < -0.39 is 0 Å². The van der Waals surface area contributed by atoms with Crippen molar-refractivity contribution in [2.45, 2.75) is 26.2 Å². The molecule has 0 saturated heterocycles. The van der Waals surface area contributed by atoms with Crippen molar-refractivity contribution in [2.24, 2.45) is 0 Å². The number of benzene rings is 1. The summed E-state index contributed by atoms with van der Waals surface area (Å²) in [5, 5.41) is 0. The van der Waals surface area contributed by atoms with Crippen LogP contribution in [0.25, 0.3) is 0 Å². The standard InChI is InChI=1S/C14H16N2O2/c1-3-10(2)11-4-6-12(7-5-11)18-14-13(17)15-8-9-16-14/h4-10H,3H2,1-2H3,(H,15,17). The Bertz CT molecular complexity index is 561. The summed E-state index contributed by atoms with van der Waals surface area (Å²) in [6.07, 6.45) is 4.06. The van der Waals surface area contributed by atoms with Gasteiger partial charge in [0.05, 0.1) is 0 Å². The topological polar surface area (TPSA) is 55.0 Å². The molecule has 1 heterocycles. The molecule has 0 aliphatic carbocycles. The molecular formula is C14H16N2O2. The van der Waals surface area contributed by atoms with E-state index in [1.54, 1.807) is 0 Å². The normalized spacial score (nSPS) is 12.1. The minimum atomic E-state index is -0.330. The summed E-state index contributed by atoms with van der Waals surface area (Å²) in [6, 6.07) is 7.74. The number of aromatic nitrogens is 2. The Kier molecular flexibility index (Phi) is 3.77. The Morgan fingerprint density at radius 3 is 2.67 bits per heavy atom. The van der Waals surface area contributed by atoms with Gasteiger partial charge in [-0.2, -0.15) is 0 Å². The van der Waals surface area contributed by atoms with Crippen LogP contribution < -0.4 is 10.3 Å². The van der Waals surface area contributed by atoms with Crippen molar-refractivity contribution in [3.8, 4) is 11.6 Å². The van der Waals surface area contributed by atoms with Crippen LogP contribution in [0.2, 0.25) is 0 Å². The van der Waals surface area contributed by atoms with Gasteiger partial charge < -0.3 is 9.72 Å². The molecule has 0 saturated carbocycles. The minimum absolute atomic E-state index is 0.0637. The van der Waals surface area contributed by atoms with Crippen molar-refractivity contribution in [3.05, 3.63) is 52.6 Å². The molecule has 0 amide bonds. The van der Waals surface area contributed by atoms with E-state index in [0.717, 1.165) is 6.42 Å². The van der Waals surface area contributed by atoms with E-state index in [2.05, 4.69) is 23.8 Å². The maximum atomic E-state index is 11.4. The number of H-pyrrole nitrogens is 1. The van der Waals surface area contributed by atoms with Crippen LogP contribution in [0.5, 0.6) is 11.6 Å². The number of hydrogen-bond donors (Lipinski definition) is 1. The molecule has 18 heavy (non-hydrogen) atoms. The Hall–Kier alpha value is -2.10. The van der Waals surface area contributed by atoms with Crippen LogP contribution in [0.15, 0.2) is 41.5 Å². The molecule has 0 radical (unpaired) electrons. The van der Waals surface area contributed by atoms with Crippen LogP contribution in [-0.2, 0) is 0 Å². The van der Waals surface area contributed by atoms with E-state index in [4.69, 9.17) is 4.74 Å². The first-order chi connectivity index (χ1) is 8.70. The Morgan fingerprint density at radius 2 is 2.06 bits per heavy atom. The SMILES string of the molecule is CCC(C)c1ccc(Oc2ncc[nH]c2=O)cc1. The van der Waals surface area contributed by atoms with Gasteiger partial charge in [-0.05, 0) is 30.0 Å².